The number of hydrogen-bond donors (Lipinski definition) is 1. The molecule has 1 aliphatic rings. The van der Waals surface area contributed by atoms with Crippen LogP contribution in [0.4, 0.5) is 8.78 Å². The number of benzene rings is 2. The Labute approximate surface area is 187 Å². The summed E-state index contributed by atoms with van der Waals surface area (Å²) in [7, 11) is 0. The number of carbonyl (C=O) groups excluding carboxylic acids is 1. The molecule has 0 heterocycles. The Morgan fingerprint density at radius 3 is 2.59 bits per heavy atom. The number of ether oxygens (including phenoxy) is 2. The lowest BCUT2D eigenvalue weighted by molar-refractivity contribution is -0.137. The maximum absolute atomic E-state index is 13.9. The van der Waals surface area contributed by atoms with Crippen LogP contribution in [0.15, 0.2) is 49.2 Å². The summed E-state index contributed by atoms with van der Waals surface area (Å²) < 4.78 is 38.2. The van der Waals surface area contributed by atoms with E-state index in [0.29, 0.717) is 31.1 Å². The highest BCUT2D eigenvalue weighted by Crippen LogP contribution is 2.31. The van der Waals surface area contributed by atoms with E-state index in [9.17, 15) is 13.6 Å². The van der Waals surface area contributed by atoms with Crippen LogP contribution in [0.2, 0.25) is 0 Å². The van der Waals surface area contributed by atoms with E-state index in [0.717, 1.165) is 37.3 Å². The molecular formula is C25H30F2N2O3. The molecule has 0 unspecified atom stereocenters. The molecule has 2 aromatic rings. The molecule has 2 N–H and O–H groups in total. The molecular weight excluding hydrogens is 414 g/mol. The molecule has 1 saturated carbocycles. The van der Waals surface area contributed by atoms with Gasteiger partial charge >= 0.3 is 0 Å². The molecule has 2 aromatic carbocycles. The summed E-state index contributed by atoms with van der Waals surface area (Å²) in [5, 5.41) is 0. The van der Waals surface area contributed by atoms with Gasteiger partial charge in [0.1, 0.15) is 18.2 Å². The Hall–Kier alpha value is -2.93. The summed E-state index contributed by atoms with van der Waals surface area (Å²) in [6, 6.07) is 8.66. The first-order valence-corrected chi connectivity index (χ1v) is 11.0. The van der Waals surface area contributed by atoms with Crippen molar-refractivity contribution in [2.24, 2.45) is 11.7 Å². The van der Waals surface area contributed by atoms with E-state index in [1.54, 1.807) is 17.0 Å². The number of halogens is 2. The summed E-state index contributed by atoms with van der Waals surface area (Å²) in [4.78, 5) is 14.8. The second kappa shape index (κ2) is 11.6. The van der Waals surface area contributed by atoms with Crippen molar-refractivity contribution in [2.45, 2.75) is 45.3 Å². The number of rotatable bonds is 10. The maximum atomic E-state index is 13.9. The van der Waals surface area contributed by atoms with Crippen molar-refractivity contribution in [1.82, 2.24) is 4.90 Å². The van der Waals surface area contributed by atoms with Crippen molar-refractivity contribution >= 4 is 5.91 Å². The zero-order valence-electron chi connectivity index (χ0n) is 18.2. The van der Waals surface area contributed by atoms with Crippen LogP contribution in [-0.2, 0) is 17.9 Å². The quantitative estimate of drug-likeness (QED) is 0.528. The number of amides is 1. The third-order valence-electron chi connectivity index (χ3n) is 5.66. The monoisotopic (exact) mass is 444 g/mol. The van der Waals surface area contributed by atoms with Gasteiger partial charge in [0.05, 0.1) is 6.26 Å². The van der Waals surface area contributed by atoms with Gasteiger partial charge in [-0.25, -0.2) is 8.78 Å². The van der Waals surface area contributed by atoms with Gasteiger partial charge in [-0.1, -0.05) is 31.9 Å². The second-order valence-corrected chi connectivity index (χ2v) is 7.97. The number of hydrogen-bond acceptors (Lipinski definition) is 4. The minimum atomic E-state index is -0.675. The Kier molecular flexibility index (Phi) is 8.62. The van der Waals surface area contributed by atoms with Gasteiger partial charge in [-0.3, -0.25) is 4.79 Å². The maximum Gasteiger partial charge on any atom is 0.226 e. The van der Waals surface area contributed by atoms with Crippen LogP contribution in [0.25, 0.3) is 0 Å². The lowest BCUT2D eigenvalue weighted by atomic mass is 9.88. The standard InChI is InChI=1S/C25H30F2N2O3/c1-2-31-24-14-18(16-29(13-12-28)25(30)19-6-4-3-5-7-19)8-11-23(24)32-17-20-9-10-21(26)15-22(20)27/h2,8-11,14-15,19H,1,3-7,12-13,16-17,28H2. The van der Waals surface area contributed by atoms with Gasteiger partial charge in [-0.2, -0.15) is 0 Å². The smallest absolute Gasteiger partial charge is 0.226 e. The largest absolute Gasteiger partial charge is 0.485 e. The Morgan fingerprint density at radius 2 is 1.91 bits per heavy atom. The molecule has 32 heavy (non-hydrogen) atoms. The first-order chi connectivity index (χ1) is 15.5. The highest BCUT2D eigenvalue weighted by Gasteiger charge is 2.26. The highest BCUT2D eigenvalue weighted by molar-refractivity contribution is 5.79. The average Bonchev–Trinajstić information content (AvgIpc) is 2.79. The molecule has 1 fully saturated rings. The molecule has 172 valence electrons. The van der Waals surface area contributed by atoms with Crippen molar-refractivity contribution < 1.29 is 23.0 Å². The van der Waals surface area contributed by atoms with Crippen molar-refractivity contribution in [2.75, 3.05) is 13.1 Å². The third-order valence-corrected chi connectivity index (χ3v) is 5.66. The van der Waals surface area contributed by atoms with Crippen LogP contribution in [-0.4, -0.2) is 23.9 Å². The summed E-state index contributed by atoms with van der Waals surface area (Å²) in [5.41, 5.74) is 6.85. The van der Waals surface area contributed by atoms with Gasteiger partial charge in [-0.15, -0.1) is 0 Å². The van der Waals surface area contributed by atoms with E-state index in [-0.39, 0.29) is 24.0 Å². The Bertz CT molecular complexity index is 929. The number of nitrogens with zero attached hydrogens (tertiary/aromatic N) is 1. The number of carbonyl (C=O) groups is 1. The lowest BCUT2D eigenvalue weighted by Gasteiger charge is -2.29. The van der Waals surface area contributed by atoms with Crippen molar-refractivity contribution in [3.05, 3.63) is 72.0 Å². The van der Waals surface area contributed by atoms with Gasteiger partial charge < -0.3 is 20.1 Å². The van der Waals surface area contributed by atoms with Gasteiger partial charge in [0.15, 0.2) is 11.5 Å². The predicted molar refractivity (Wildman–Crippen MR) is 119 cm³/mol. The third kappa shape index (κ3) is 6.29. The molecule has 0 aliphatic heterocycles. The topological polar surface area (TPSA) is 64.8 Å². The van der Waals surface area contributed by atoms with Crippen LogP contribution in [0, 0.1) is 17.6 Å². The van der Waals surface area contributed by atoms with Crippen molar-refractivity contribution in [3.8, 4) is 11.5 Å². The molecule has 0 aromatic heterocycles. The average molecular weight is 445 g/mol. The highest BCUT2D eigenvalue weighted by atomic mass is 19.1. The van der Waals surface area contributed by atoms with Crippen LogP contribution in [0.3, 0.4) is 0 Å². The fraction of sp³-hybridized carbons (Fsp3) is 0.400. The molecule has 0 saturated heterocycles. The predicted octanol–water partition coefficient (Wildman–Crippen LogP) is 4.93. The fourth-order valence-corrected chi connectivity index (χ4v) is 4.00. The van der Waals surface area contributed by atoms with E-state index >= 15 is 0 Å². The van der Waals surface area contributed by atoms with E-state index in [1.165, 1.54) is 24.8 Å². The second-order valence-electron chi connectivity index (χ2n) is 7.97. The van der Waals surface area contributed by atoms with Crippen molar-refractivity contribution in [3.63, 3.8) is 0 Å². The summed E-state index contributed by atoms with van der Waals surface area (Å²) >= 11 is 0. The molecule has 5 nitrogen and oxygen atoms in total. The van der Waals surface area contributed by atoms with Gasteiger partial charge in [0, 0.05) is 37.2 Å². The minimum Gasteiger partial charge on any atom is -0.485 e. The van der Waals surface area contributed by atoms with Crippen LogP contribution in [0.1, 0.15) is 43.2 Å². The molecule has 0 spiro atoms. The summed E-state index contributed by atoms with van der Waals surface area (Å²) in [6.07, 6.45) is 6.49. The molecule has 0 radical (unpaired) electrons. The van der Waals surface area contributed by atoms with Crippen molar-refractivity contribution in [1.29, 1.82) is 0 Å². The van der Waals surface area contributed by atoms with Gasteiger partial charge in [0.25, 0.3) is 0 Å². The van der Waals surface area contributed by atoms with Crippen LogP contribution < -0.4 is 15.2 Å². The fourth-order valence-electron chi connectivity index (χ4n) is 4.00. The Balaban J connectivity index is 1.72. The SMILES string of the molecule is C=COc1cc(CN(CCN)C(=O)C2CCCCC2)ccc1OCc1ccc(F)cc1F. The van der Waals surface area contributed by atoms with E-state index in [1.807, 2.05) is 6.07 Å². The van der Waals surface area contributed by atoms with E-state index < -0.39 is 11.6 Å². The first-order valence-electron chi connectivity index (χ1n) is 11.0. The Morgan fingerprint density at radius 1 is 1.12 bits per heavy atom. The number of nitrogens with two attached hydrogens (primary N) is 1. The van der Waals surface area contributed by atoms with Crippen LogP contribution in [0.5, 0.6) is 11.5 Å². The normalized spacial score (nSPS) is 14.1. The lowest BCUT2D eigenvalue weighted by Crippen LogP contribution is -2.39. The van der Waals surface area contributed by atoms with Crippen LogP contribution >= 0.6 is 0 Å². The van der Waals surface area contributed by atoms with Gasteiger partial charge in [0.2, 0.25) is 5.91 Å². The molecule has 3 rings (SSSR count). The molecule has 1 aliphatic carbocycles. The zero-order valence-corrected chi connectivity index (χ0v) is 18.2. The summed E-state index contributed by atoms with van der Waals surface area (Å²) in [5.74, 6) is -0.317. The van der Waals surface area contributed by atoms with E-state index in [4.69, 9.17) is 15.2 Å². The van der Waals surface area contributed by atoms with E-state index in [2.05, 4.69) is 6.58 Å². The summed E-state index contributed by atoms with van der Waals surface area (Å²) in [6.45, 7) is 4.78. The minimum absolute atomic E-state index is 0.0624. The first kappa shape index (κ1) is 23.7. The molecule has 1 amide bonds. The van der Waals surface area contributed by atoms with Gasteiger partial charge in [-0.05, 0) is 42.7 Å². The zero-order chi connectivity index (χ0) is 22.9. The molecule has 0 bridgehead atoms. The molecule has 0 atom stereocenters. The molecule has 7 heteroatoms.